The lowest BCUT2D eigenvalue weighted by molar-refractivity contribution is 0.815. The summed E-state index contributed by atoms with van der Waals surface area (Å²) in [4.78, 5) is 0. The van der Waals surface area contributed by atoms with Crippen LogP contribution < -0.4 is 0 Å². The zero-order valence-corrected chi connectivity index (χ0v) is 9.78. The smallest absolute Gasteiger partial charge is 0.127 e. The molecule has 0 heterocycles. The molecule has 0 radical (unpaired) electrons. The summed E-state index contributed by atoms with van der Waals surface area (Å²) in [7, 11) is -1.14. The Kier molecular flexibility index (Phi) is 5.83. The molecule has 0 atom stereocenters. The van der Waals surface area contributed by atoms with E-state index in [0.29, 0.717) is 0 Å². The van der Waals surface area contributed by atoms with E-state index in [1.807, 2.05) is 6.08 Å². The molecule has 0 saturated heterocycles. The van der Waals surface area contributed by atoms with Crippen molar-refractivity contribution in [3.63, 3.8) is 0 Å². The van der Waals surface area contributed by atoms with Gasteiger partial charge in [-0.05, 0) is 12.5 Å². The van der Waals surface area contributed by atoms with Crippen LogP contribution in [0.25, 0.3) is 0 Å². The van der Waals surface area contributed by atoms with Gasteiger partial charge in [0.2, 0.25) is 0 Å². The summed E-state index contributed by atoms with van der Waals surface area (Å²) in [6.45, 7) is 9.00. The summed E-state index contributed by atoms with van der Waals surface area (Å²) in [6.07, 6.45) is 7.92. The first kappa shape index (κ1) is 11.5. The summed E-state index contributed by atoms with van der Waals surface area (Å²) < 4.78 is 0. The van der Waals surface area contributed by atoms with Crippen LogP contribution in [0.4, 0.5) is 0 Å². The lowest BCUT2D eigenvalue weighted by Crippen LogP contribution is -2.16. The molecule has 0 aromatic rings. The molecule has 0 saturated carbocycles. The van der Waals surface area contributed by atoms with Crippen molar-refractivity contribution in [2.24, 2.45) is 0 Å². The van der Waals surface area contributed by atoms with Crippen LogP contribution in [0.3, 0.4) is 0 Å². The first-order valence-electron chi connectivity index (χ1n) is 4.74. The van der Waals surface area contributed by atoms with E-state index >= 15 is 0 Å². The molecule has 0 bridgehead atoms. The zero-order valence-electron chi connectivity index (χ0n) is 8.78. The van der Waals surface area contributed by atoms with Crippen LogP contribution >= 0.6 is 0 Å². The van der Waals surface area contributed by atoms with E-state index in [1.165, 1.54) is 19.3 Å². The molecule has 0 aliphatic heterocycles. The highest BCUT2D eigenvalue weighted by molar-refractivity contribution is 6.83. The molecule has 0 aliphatic carbocycles. The molecule has 0 unspecified atom stereocenters. The Hall–Kier alpha value is -0.483. The lowest BCUT2D eigenvalue weighted by atomic mass is 10.2. The maximum atomic E-state index is 3.30. The predicted molar refractivity (Wildman–Crippen MR) is 59.8 cm³/mol. The topological polar surface area (TPSA) is 0 Å². The highest BCUT2D eigenvalue weighted by Crippen LogP contribution is 1.97. The van der Waals surface area contributed by atoms with Crippen molar-refractivity contribution in [1.29, 1.82) is 0 Å². The van der Waals surface area contributed by atoms with Gasteiger partial charge in [0.15, 0.2) is 0 Å². The van der Waals surface area contributed by atoms with Crippen LogP contribution in [0.2, 0.25) is 19.6 Å². The van der Waals surface area contributed by atoms with E-state index in [4.69, 9.17) is 0 Å². The van der Waals surface area contributed by atoms with Crippen LogP contribution in [0.5, 0.6) is 0 Å². The Morgan fingerprint density at radius 3 is 2.42 bits per heavy atom. The first-order chi connectivity index (χ1) is 5.56. The molecule has 12 heavy (non-hydrogen) atoms. The maximum Gasteiger partial charge on any atom is 0.129 e. The molecule has 0 aromatic heterocycles. The normalized spacial score (nSPS) is 11.3. The number of hydrogen-bond donors (Lipinski definition) is 0. The minimum absolute atomic E-state index is 1.14. The Balaban J connectivity index is 3.63. The van der Waals surface area contributed by atoms with Crippen LogP contribution in [0, 0.1) is 11.5 Å². The number of hydrogen-bond acceptors (Lipinski definition) is 0. The van der Waals surface area contributed by atoms with Crippen molar-refractivity contribution in [2.45, 2.75) is 45.8 Å². The Bertz CT molecular complexity index is 185. The summed E-state index contributed by atoms with van der Waals surface area (Å²) in [5.74, 6) is 3.12. The van der Waals surface area contributed by atoms with Crippen molar-refractivity contribution < 1.29 is 0 Å². The van der Waals surface area contributed by atoms with E-state index in [2.05, 4.69) is 44.1 Å². The summed E-state index contributed by atoms with van der Waals surface area (Å²) in [5.41, 5.74) is 3.30. The van der Waals surface area contributed by atoms with Crippen LogP contribution in [-0.4, -0.2) is 8.07 Å². The van der Waals surface area contributed by atoms with Crippen molar-refractivity contribution in [1.82, 2.24) is 0 Å². The fraction of sp³-hybridized carbons (Fsp3) is 0.636. The highest BCUT2D eigenvalue weighted by atomic mass is 28.3. The van der Waals surface area contributed by atoms with E-state index in [9.17, 15) is 0 Å². The molecule has 0 aliphatic rings. The van der Waals surface area contributed by atoms with Crippen LogP contribution in [0.15, 0.2) is 12.2 Å². The molecule has 0 rings (SSSR count). The van der Waals surface area contributed by atoms with E-state index < -0.39 is 8.07 Å². The van der Waals surface area contributed by atoms with Crippen molar-refractivity contribution in [3.8, 4) is 11.5 Å². The Labute approximate surface area is 78.1 Å². The standard InChI is InChI=1S/C11H20Si/c1-5-6-7-8-9-10-11-12(2,3)4/h8-9H,5-7H2,1-4H3/b9-8+. The fourth-order valence-electron chi connectivity index (χ4n) is 0.722. The second kappa shape index (κ2) is 6.08. The highest BCUT2D eigenvalue weighted by Gasteiger charge is 2.06. The van der Waals surface area contributed by atoms with Gasteiger partial charge in [-0.1, -0.05) is 51.4 Å². The Morgan fingerprint density at radius 1 is 1.25 bits per heavy atom. The molecule has 0 spiro atoms. The molecule has 68 valence electrons. The van der Waals surface area contributed by atoms with Crippen molar-refractivity contribution in [2.75, 3.05) is 0 Å². The average molecular weight is 180 g/mol. The number of allylic oxidation sites excluding steroid dienone is 2. The quantitative estimate of drug-likeness (QED) is 0.353. The third-order valence-electron chi connectivity index (χ3n) is 1.37. The zero-order chi connectivity index (χ0) is 9.45. The fourth-order valence-corrected chi connectivity index (χ4v) is 1.24. The molecular formula is C11H20Si. The second-order valence-electron chi connectivity index (χ2n) is 4.06. The van der Waals surface area contributed by atoms with Gasteiger partial charge in [0.1, 0.15) is 8.07 Å². The second-order valence-corrected chi connectivity index (χ2v) is 8.81. The molecule has 0 aromatic carbocycles. The first-order valence-corrected chi connectivity index (χ1v) is 8.24. The van der Waals surface area contributed by atoms with E-state index in [1.54, 1.807) is 0 Å². The summed E-state index contributed by atoms with van der Waals surface area (Å²) >= 11 is 0. The molecule has 1 heteroatoms. The van der Waals surface area contributed by atoms with Crippen LogP contribution in [-0.2, 0) is 0 Å². The molecule has 0 fully saturated rings. The molecular weight excluding hydrogens is 160 g/mol. The minimum Gasteiger partial charge on any atom is -0.127 e. The number of unbranched alkanes of at least 4 members (excludes halogenated alkanes) is 2. The maximum absolute atomic E-state index is 3.30. The lowest BCUT2D eigenvalue weighted by Gasteiger charge is -2.01. The van der Waals surface area contributed by atoms with Crippen molar-refractivity contribution >= 4 is 8.07 Å². The molecule has 0 nitrogen and oxygen atoms in total. The third kappa shape index (κ3) is 9.52. The number of rotatable bonds is 3. The van der Waals surface area contributed by atoms with Gasteiger partial charge in [0.05, 0.1) is 0 Å². The minimum atomic E-state index is -1.14. The van der Waals surface area contributed by atoms with Gasteiger partial charge >= 0.3 is 0 Å². The Morgan fingerprint density at radius 2 is 1.92 bits per heavy atom. The molecule has 0 N–H and O–H groups in total. The van der Waals surface area contributed by atoms with Gasteiger partial charge in [-0.2, -0.15) is 0 Å². The van der Waals surface area contributed by atoms with Gasteiger partial charge in [0.25, 0.3) is 0 Å². The summed E-state index contributed by atoms with van der Waals surface area (Å²) in [5, 5.41) is 0. The van der Waals surface area contributed by atoms with Gasteiger partial charge in [-0.3, -0.25) is 0 Å². The van der Waals surface area contributed by atoms with Crippen molar-refractivity contribution in [3.05, 3.63) is 12.2 Å². The largest absolute Gasteiger partial charge is 0.129 e. The predicted octanol–water partition coefficient (Wildman–Crippen LogP) is 3.61. The van der Waals surface area contributed by atoms with E-state index in [0.717, 1.165) is 0 Å². The van der Waals surface area contributed by atoms with Crippen LogP contribution in [0.1, 0.15) is 26.2 Å². The van der Waals surface area contributed by atoms with Gasteiger partial charge in [-0.25, -0.2) is 0 Å². The monoisotopic (exact) mass is 180 g/mol. The van der Waals surface area contributed by atoms with Gasteiger partial charge < -0.3 is 0 Å². The average Bonchev–Trinajstić information content (AvgIpc) is 1.94. The summed E-state index contributed by atoms with van der Waals surface area (Å²) in [6, 6.07) is 0. The van der Waals surface area contributed by atoms with Gasteiger partial charge in [-0.15, -0.1) is 5.54 Å². The SMILES string of the molecule is CCCC/C=C/C#C[Si](C)(C)C. The molecule has 0 amide bonds. The van der Waals surface area contributed by atoms with E-state index in [-0.39, 0.29) is 0 Å². The van der Waals surface area contributed by atoms with Gasteiger partial charge in [0, 0.05) is 0 Å². The third-order valence-corrected chi connectivity index (χ3v) is 2.27.